The predicted molar refractivity (Wildman–Crippen MR) is 75.3 cm³/mol. The van der Waals surface area contributed by atoms with Crippen LogP contribution in [0.4, 0.5) is 0 Å². The molecule has 0 spiro atoms. The summed E-state index contributed by atoms with van der Waals surface area (Å²) in [5.74, 6) is 1.00. The van der Waals surface area contributed by atoms with Crippen LogP contribution in [0.2, 0.25) is 0 Å². The summed E-state index contributed by atoms with van der Waals surface area (Å²) in [5.41, 5.74) is 0.819. The number of rotatable bonds is 5. The van der Waals surface area contributed by atoms with Gasteiger partial charge in [0.15, 0.2) is 5.82 Å². The quantitative estimate of drug-likeness (QED) is 0.844. The Morgan fingerprint density at radius 3 is 3.24 bits per heavy atom. The van der Waals surface area contributed by atoms with Gasteiger partial charge in [0.1, 0.15) is 5.82 Å². The van der Waals surface area contributed by atoms with Crippen LogP contribution in [-0.4, -0.2) is 45.3 Å². The standard InChI is InChI=1S/C14H17N5O2/c20-13(16-9-11-4-2-6-21-11)7-12-17-14(19-18-12)10-3-1-5-15-8-10/h1,3,5,8,11H,2,4,6-7,9H2,(H,16,20)(H,17,18,19)/t11-/m1/s1. The molecule has 1 aliphatic rings. The molecule has 0 unspecified atom stereocenters. The first-order valence-corrected chi connectivity index (χ1v) is 7.01. The van der Waals surface area contributed by atoms with Gasteiger partial charge in [0.05, 0.1) is 12.5 Å². The number of aromatic amines is 1. The van der Waals surface area contributed by atoms with E-state index in [1.54, 1.807) is 12.4 Å². The van der Waals surface area contributed by atoms with E-state index >= 15 is 0 Å². The fraction of sp³-hybridized carbons (Fsp3) is 0.429. The molecule has 0 saturated carbocycles. The highest BCUT2D eigenvalue weighted by atomic mass is 16.5. The van der Waals surface area contributed by atoms with E-state index < -0.39 is 0 Å². The largest absolute Gasteiger partial charge is 0.376 e. The zero-order valence-electron chi connectivity index (χ0n) is 11.6. The Morgan fingerprint density at radius 2 is 2.48 bits per heavy atom. The molecule has 1 atom stereocenters. The number of hydrogen-bond acceptors (Lipinski definition) is 5. The van der Waals surface area contributed by atoms with Crippen LogP contribution < -0.4 is 5.32 Å². The first-order valence-electron chi connectivity index (χ1n) is 7.01. The van der Waals surface area contributed by atoms with Gasteiger partial charge in [-0.1, -0.05) is 0 Å². The first-order chi connectivity index (χ1) is 10.3. The van der Waals surface area contributed by atoms with Crippen LogP contribution in [0.3, 0.4) is 0 Å². The van der Waals surface area contributed by atoms with Crippen molar-refractivity contribution in [2.75, 3.05) is 13.2 Å². The topological polar surface area (TPSA) is 92.8 Å². The molecule has 21 heavy (non-hydrogen) atoms. The van der Waals surface area contributed by atoms with Crippen molar-refractivity contribution in [3.05, 3.63) is 30.4 Å². The van der Waals surface area contributed by atoms with E-state index in [-0.39, 0.29) is 18.4 Å². The van der Waals surface area contributed by atoms with Gasteiger partial charge in [-0.25, -0.2) is 4.98 Å². The van der Waals surface area contributed by atoms with Crippen LogP contribution in [0.15, 0.2) is 24.5 Å². The highest BCUT2D eigenvalue weighted by Gasteiger charge is 2.17. The van der Waals surface area contributed by atoms with Crippen LogP contribution in [-0.2, 0) is 16.0 Å². The molecule has 0 bridgehead atoms. The number of ether oxygens (including phenoxy) is 1. The number of carbonyl (C=O) groups is 1. The minimum Gasteiger partial charge on any atom is -0.376 e. The Labute approximate surface area is 122 Å². The summed E-state index contributed by atoms with van der Waals surface area (Å²) >= 11 is 0. The molecule has 2 N–H and O–H groups in total. The summed E-state index contributed by atoms with van der Waals surface area (Å²) in [6.45, 7) is 1.35. The second-order valence-corrected chi connectivity index (χ2v) is 4.96. The highest BCUT2D eigenvalue weighted by molar-refractivity contribution is 5.77. The van der Waals surface area contributed by atoms with Gasteiger partial charge in [-0.15, -0.1) is 0 Å². The Kier molecular flexibility index (Phi) is 4.20. The van der Waals surface area contributed by atoms with E-state index in [0.717, 1.165) is 25.0 Å². The van der Waals surface area contributed by atoms with Gasteiger partial charge in [-0.2, -0.15) is 5.10 Å². The van der Waals surface area contributed by atoms with Crippen LogP contribution in [0, 0.1) is 0 Å². The Morgan fingerprint density at radius 1 is 1.52 bits per heavy atom. The second-order valence-electron chi connectivity index (χ2n) is 4.96. The fourth-order valence-electron chi connectivity index (χ4n) is 2.25. The van der Waals surface area contributed by atoms with Crippen LogP contribution in [0.5, 0.6) is 0 Å². The molecule has 1 amide bonds. The Hall–Kier alpha value is -2.28. The first kappa shape index (κ1) is 13.7. The van der Waals surface area contributed by atoms with E-state index in [9.17, 15) is 4.79 Å². The number of amides is 1. The third-order valence-corrected chi connectivity index (χ3v) is 3.33. The van der Waals surface area contributed by atoms with Gasteiger partial charge < -0.3 is 10.1 Å². The van der Waals surface area contributed by atoms with Crippen molar-refractivity contribution >= 4 is 5.91 Å². The van der Waals surface area contributed by atoms with Crippen molar-refractivity contribution in [3.63, 3.8) is 0 Å². The van der Waals surface area contributed by atoms with E-state index in [0.29, 0.717) is 18.2 Å². The number of hydrogen-bond donors (Lipinski definition) is 2. The molecule has 1 aliphatic heterocycles. The maximum Gasteiger partial charge on any atom is 0.227 e. The number of pyridine rings is 1. The summed E-state index contributed by atoms with van der Waals surface area (Å²) in [4.78, 5) is 20.2. The van der Waals surface area contributed by atoms with Gasteiger partial charge in [0, 0.05) is 31.1 Å². The lowest BCUT2D eigenvalue weighted by molar-refractivity contribution is -0.121. The zero-order chi connectivity index (χ0) is 14.5. The molecule has 3 heterocycles. The maximum absolute atomic E-state index is 11.8. The summed E-state index contributed by atoms with van der Waals surface area (Å²) < 4.78 is 5.46. The van der Waals surface area contributed by atoms with Crippen molar-refractivity contribution in [1.29, 1.82) is 0 Å². The number of carbonyl (C=O) groups excluding carboxylic acids is 1. The summed E-state index contributed by atoms with van der Waals surface area (Å²) in [6, 6.07) is 3.69. The molecule has 3 rings (SSSR count). The van der Waals surface area contributed by atoms with E-state index in [2.05, 4.69) is 25.5 Å². The molecule has 110 valence electrons. The molecule has 2 aromatic heterocycles. The normalized spacial score (nSPS) is 17.8. The lowest BCUT2D eigenvalue weighted by Gasteiger charge is -2.09. The van der Waals surface area contributed by atoms with Crippen molar-refractivity contribution in [2.24, 2.45) is 0 Å². The van der Waals surface area contributed by atoms with E-state index in [4.69, 9.17) is 4.74 Å². The molecular formula is C14H17N5O2. The minimum atomic E-state index is -0.0839. The molecule has 0 radical (unpaired) electrons. The second kappa shape index (κ2) is 6.45. The van der Waals surface area contributed by atoms with Crippen molar-refractivity contribution < 1.29 is 9.53 Å². The van der Waals surface area contributed by atoms with E-state index in [1.165, 1.54) is 0 Å². The van der Waals surface area contributed by atoms with Gasteiger partial charge in [-0.05, 0) is 25.0 Å². The molecule has 2 aromatic rings. The summed E-state index contributed by atoms with van der Waals surface area (Å²) in [5, 5.41) is 9.74. The van der Waals surface area contributed by atoms with Gasteiger partial charge in [0.2, 0.25) is 5.91 Å². The smallest absolute Gasteiger partial charge is 0.227 e. The highest BCUT2D eigenvalue weighted by Crippen LogP contribution is 2.12. The van der Waals surface area contributed by atoms with Crippen LogP contribution >= 0.6 is 0 Å². The third kappa shape index (κ3) is 3.63. The number of aromatic nitrogens is 4. The molecule has 1 fully saturated rings. The molecular weight excluding hydrogens is 270 g/mol. The van der Waals surface area contributed by atoms with Crippen LogP contribution in [0.1, 0.15) is 18.7 Å². The predicted octanol–water partition coefficient (Wildman–Crippen LogP) is 0.704. The van der Waals surface area contributed by atoms with Crippen LogP contribution in [0.25, 0.3) is 11.4 Å². The van der Waals surface area contributed by atoms with Gasteiger partial charge >= 0.3 is 0 Å². The fourth-order valence-corrected chi connectivity index (χ4v) is 2.25. The minimum absolute atomic E-state index is 0.0839. The van der Waals surface area contributed by atoms with Crippen molar-refractivity contribution in [2.45, 2.75) is 25.4 Å². The number of nitrogens with zero attached hydrogens (tertiary/aromatic N) is 3. The number of nitrogens with one attached hydrogen (secondary N) is 2. The maximum atomic E-state index is 11.8. The monoisotopic (exact) mass is 287 g/mol. The molecule has 7 heteroatoms. The van der Waals surface area contributed by atoms with Crippen molar-refractivity contribution in [1.82, 2.24) is 25.5 Å². The molecule has 0 aliphatic carbocycles. The van der Waals surface area contributed by atoms with E-state index in [1.807, 2.05) is 12.1 Å². The molecule has 7 nitrogen and oxygen atoms in total. The zero-order valence-corrected chi connectivity index (χ0v) is 11.6. The van der Waals surface area contributed by atoms with Crippen molar-refractivity contribution in [3.8, 4) is 11.4 Å². The molecule has 1 saturated heterocycles. The lowest BCUT2D eigenvalue weighted by atomic mass is 10.2. The lowest BCUT2D eigenvalue weighted by Crippen LogP contribution is -2.33. The van der Waals surface area contributed by atoms with Gasteiger partial charge in [-0.3, -0.25) is 14.9 Å². The molecule has 0 aromatic carbocycles. The SMILES string of the molecule is O=C(Cc1nc(-c2cccnc2)n[nH]1)NC[C@H]1CCCO1. The number of H-pyrrole nitrogens is 1. The Balaban J connectivity index is 1.53. The average molecular weight is 287 g/mol. The van der Waals surface area contributed by atoms with Gasteiger partial charge in [0.25, 0.3) is 0 Å². The Bertz CT molecular complexity index is 592. The summed E-state index contributed by atoms with van der Waals surface area (Å²) in [7, 11) is 0. The summed E-state index contributed by atoms with van der Waals surface area (Å²) in [6.07, 6.45) is 5.78. The third-order valence-electron chi connectivity index (χ3n) is 3.33. The average Bonchev–Trinajstić information content (AvgIpc) is 3.17.